The van der Waals surface area contributed by atoms with Gasteiger partial charge in [-0.3, -0.25) is 4.79 Å². The molecule has 0 spiro atoms. The molecule has 0 aliphatic carbocycles. The molecule has 2 aromatic rings. The van der Waals surface area contributed by atoms with Gasteiger partial charge in [0.1, 0.15) is 10.9 Å². The van der Waals surface area contributed by atoms with Crippen LogP contribution in [-0.4, -0.2) is 36.6 Å². The SMILES string of the molecule is Cc1cc(C)c(C)c(OCCCNC(=O)COC(=O)c2c(C)cc(C)nc2Cl)c1. The summed E-state index contributed by atoms with van der Waals surface area (Å²) in [7, 11) is 0. The summed E-state index contributed by atoms with van der Waals surface area (Å²) in [6, 6.07) is 5.86. The van der Waals surface area contributed by atoms with E-state index in [4.69, 9.17) is 21.1 Å². The van der Waals surface area contributed by atoms with Crippen molar-refractivity contribution in [3.63, 3.8) is 0 Å². The minimum atomic E-state index is -0.663. The summed E-state index contributed by atoms with van der Waals surface area (Å²) in [6.07, 6.45) is 0.638. The van der Waals surface area contributed by atoms with Gasteiger partial charge in [0.2, 0.25) is 0 Å². The summed E-state index contributed by atoms with van der Waals surface area (Å²) in [5.74, 6) is -0.180. The highest BCUT2D eigenvalue weighted by molar-refractivity contribution is 6.32. The number of halogens is 1. The molecule has 0 radical (unpaired) electrons. The molecule has 1 aromatic heterocycles. The van der Waals surface area contributed by atoms with Gasteiger partial charge in [-0.2, -0.15) is 0 Å². The standard InChI is InChI=1S/C22H27ClN2O4/c1-13-9-14(2)17(5)18(10-13)28-8-6-7-24-19(26)12-29-22(27)20-15(3)11-16(4)25-21(20)23/h9-11H,6-8,12H2,1-5H3,(H,24,26). The molecule has 1 amide bonds. The second-order valence-corrected chi connectivity index (χ2v) is 7.44. The van der Waals surface area contributed by atoms with Gasteiger partial charge in [-0.05, 0) is 75.4 Å². The van der Waals surface area contributed by atoms with Crippen molar-refractivity contribution in [1.82, 2.24) is 10.3 Å². The van der Waals surface area contributed by atoms with Crippen molar-refractivity contribution < 1.29 is 19.1 Å². The van der Waals surface area contributed by atoms with E-state index in [1.165, 1.54) is 5.56 Å². The number of benzene rings is 1. The fraction of sp³-hybridized carbons (Fsp3) is 0.409. The monoisotopic (exact) mass is 418 g/mol. The van der Waals surface area contributed by atoms with Gasteiger partial charge >= 0.3 is 5.97 Å². The van der Waals surface area contributed by atoms with Gasteiger partial charge in [-0.15, -0.1) is 0 Å². The lowest BCUT2D eigenvalue weighted by molar-refractivity contribution is -0.124. The Labute approximate surface area is 176 Å². The molecule has 0 fully saturated rings. The molecule has 6 nitrogen and oxygen atoms in total. The molecule has 0 atom stereocenters. The molecule has 0 saturated carbocycles. The van der Waals surface area contributed by atoms with Crippen LogP contribution < -0.4 is 10.1 Å². The smallest absolute Gasteiger partial charge is 0.342 e. The molecule has 0 aliphatic rings. The van der Waals surface area contributed by atoms with Gasteiger partial charge in [0.25, 0.3) is 5.91 Å². The van der Waals surface area contributed by atoms with Crippen LogP contribution in [0.4, 0.5) is 0 Å². The highest BCUT2D eigenvalue weighted by Gasteiger charge is 2.18. The highest BCUT2D eigenvalue weighted by atomic mass is 35.5. The second kappa shape index (κ2) is 10.3. The van der Waals surface area contributed by atoms with E-state index in [2.05, 4.69) is 23.3 Å². The summed E-state index contributed by atoms with van der Waals surface area (Å²) in [4.78, 5) is 28.1. The van der Waals surface area contributed by atoms with Crippen LogP contribution in [0.25, 0.3) is 0 Å². The van der Waals surface area contributed by atoms with E-state index >= 15 is 0 Å². The molecule has 1 aromatic carbocycles. The van der Waals surface area contributed by atoms with Gasteiger partial charge in [-0.1, -0.05) is 17.7 Å². The van der Waals surface area contributed by atoms with Gasteiger partial charge in [0.05, 0.1) is 12.2 Å². The number of esters is 1. The number of aryl methyl sites for hydroxylation is 4. The zero-order valence-corrected chi connectivity index (χ0v) is 18.3. The first-order valence-electron chi connectivity index (χ1n) is 9.47. The van der Waals surface area contributed by atoms with E-state index in [0.29, 0.717) is 30.8 Å². The predicted octanol–water partition coefficient (Wildman–Crippen LogP) is 4.02. The molecule has 1 heterocycles. The number of nitrogens with one attached hydrogen (secondary N) is 1. The van der Waals surface area contributed by atoms with Crippen LogP contribution in [0.15, 0.2) is 18.2 Å². The zero-order valence-electron chi connectivity index (χ0n) is 17.5. The maximum Gasteiger partial charge on any atom is 0.342 e. The fourth-order valence-electron chi connectivity index (χ4n) is 2.92. The van der Waals surface area contributed by atoms with Crippen LogP contribution >= 0.6 is 11.6 Å². The number of amides is 1. The molecule has 2 rings (SSSR count). The summed E-state index contributed by atoms with van der Waals surface area (Å²) >= 11 is 6.02. The quantitative estimate of drug-likeness (QED) is 0.398. The Kier molecular flexibility index (Phi) is 8.02. The number of nitrogens with zero attached hydrogens (tertiary/aromatic N) is 1. The largest absolute Gasteiger partial charge is 0.493 e. The van der Waals surface area contributed by atoms with Crippen LogP contribution in [0.1, 0.15) is 44.7 Å². The number of pyridine rings is 1. The first-order valence-corrected chi connectivity index (χ1v) is 9.85. The second-order valence-electron chi connectivity index (χ2n) is 7.08. The van der Waals surface area contributed by atoms with Gasteiger partial charge in [-0.25, -0.2) is 9.78 Å². The Morgan fingerprint density at radius 2 is 1.79 bits per heavy atom. The topological polar surface area (TPSA) is 77.5 Å². The van der Waals surface area contributed by atoms with E-state index < -0.39 is 5.97 Å². The number of aromatic nitrogens is 1. The minimum Gasteiger partial charge on any atom is -0.493 e. The number of hydrogen-bond donors (Lipinski definition) is 1. The van der Waals surface area contributed by atoms with Crippen molar-refractivity contribution in [1.29, 1.82) is 0 Å². The number of carbonyl (C=O) groups excluding carboxylic acids is 2. The average molecular weight is 419 g/mol. The van der Waals surface area contributed by atoms with Crippen molar-refractivity contribution >= 4 is 23.5 Å². The maximum absolute atomic E-state index is 12.2. The Hall–Kier alpha value is -2.60. The van der Waals surface area contributed by atoms with E-state index in [1.807, 2.05) is 19.9 Å². The van der Waals surface area contributed by atoms with Gasteiger partial charge in [0, 0.05) is 12.2 Å². The van der Waals surface area contributed by atoms with Crippen LogP contribution in [0, 0.1) is 34.6 Å². The maximum atomic E-state index is 12.2. The lowest BCUT2D eigenvalue weighted by Gasteiger charge is -2.13. The minimum absolute atomic E-state index is 0.0757. The summed E-state index contributed by atoms with van der Waals surface area (Å²) in [6.45, 7) is 10.2. The fourth-order valence-corrected chi connectivity index (χ4v) is 3.28. The number of ether oxygens (including phenoxy) is 2. The van der Waals surface area contributed by atoms with Crippen molar-refractivity contribution in [3.8, 4) is 5.75 Å². The zero-order chi connectivity index (χ0) is 21.6. The molecule has 7 heteroatoms. The lowest BCUT2D eigenvalue weighted by atomic mass is 10.1. The molecule has 0 bridgehead atoms. The number of carbonyl (C=O) groups is 2. The van der Waals surface area contributed by atoms with E-state index in [-0.39, 0.29) is 23.2 Å². The van der Waals surface area contributed by atoms with Crippen molar-refractivity contribution in [2.24, 2.45) is 0 Å². The van der Waals surface area contributed by atoms with Crippen molar-refractivity contribution in [3.05, 3.63) is 56.9 Å². The molecule has 0 unspecified atom stereocenters. The molecule has 0 saturated heterocycles. The van der Waals surface area contributed by atoms with E-state index in [9.17, 15) is 9.59 Å². The molecular formula is C22H27ClN2O4. The molecular weight excluding hydrogens is 392 g/mol. The molecule has 0 aliphatic heterocycles. The van der Waals surface area contributed by atoms with Gasteiger partial charge < -0.3 is 14.8 Å². The Bertz CT molecular complexity index is 889. The Morgan fingerprint density at radius 3 is 2.48 bits per heavy atom. The number of hydrogen-bond acceptors (Lipinski definition) is 5. The van der Waals surface area contributed by atoms with Crippen LogP contribution in [0.3, 0.4) is 0 Å². The third kappa shape index (κ3) is 6.46. The normalized spacial score (nSPS) is 10.6. The molecule has 29 heavy (non-hydrogen) atoms. The van der Waals surface area contributed by atoms with Crippen LogP contribution in [0.2, 0.25) is 5.15 Å². The number of rotatable bonds is 8. The summed E-state index contributed by atoms with van der Waals surface area (Å²) < 4.78 is 10.9. The molecule has 1 N–H and O–H groups in total. The Balaban J connectivity index is 1.72. The lowest BCUT2D eigenvalue weighted by Crippen LogP contribution is -2.30. The molecule has 156 valence electrons. The summed E-state index contributed by atoms with van der Waals surface area (Å²) in [5.41, 5.74) is 5.01. The van der Waals surface area contributed by atoms with Crippen molar-refractivity contribution in [2.45, 2.75) is 41.0 Å². The van der Waals surface area contributed by atoms with Crippen LogP contribution in [-0.2, 0) is 9.53 Å². The van der Waals surface area contributed by atoms with E-state index in [0.717, 1.165) is 16.9 Å². The third-order valence-electron chi connectivity index (χ3n) is 4.50. The predicted molar refractivity (Wildman–Crippen MR) is 113 cm³/mol. The van der Waals surface area contributed by atoms with Crippen molar-refractivity contribution in [2.75, 3.05) is 19.8 Å². The Morgan fingerprint density at radius 1 is 1.07 bits per heavy atom. The first kappa shape index (κ1) is 22.7. The highest BCUT2D eigenvalue weighted by Crippen LogP contribution is 2.23. The van der Waals surface area contributed by atoms with Gasteiger partial charge in [0.15, 0.2) is 6.61 Å². The third-order valence-corrected chi connectivity index (χ3v) is 4.78. The first-order chi connectivity index (χ1) is 13.7. The summed E-state index contributed by atoms with van der Waals surface area (Å²) in [5, 5.41) is 2.78. The van der Waals surface area contributed by atoms with Crippen LogP contribution in [0.5, 0.6) is 5.75 Å². The average Bonchev–Trinajstić information content (AvgIpc) is 2.62. The van der Waals surface area contributed by atoms with E-state index in [1.54, 1.807) is 19.9 Å².